The van der Waals surface area contributed by atoms with Gasteiger partial charge in [0.15, 0.2) is 0 Å². The van der Waals surface area contributed by atoms with Crippen molar-refractivity contribution in [2.24, 2.45) is 11.8 Å². The molecule has 0 unspecified atom stereocenters. The Labute approximate surface area is 124 Å². The Balaban J connectivity index is 3.21. The van der Waals surface area contributed by atoms with E-state index in [1.54, 1.807) is 0 Å². The molecule has 7 heteroatoms. The molecule has 0 saturated carbocycles. The van der Waals surface area contributed by atoms with Crippen LogP contribution in [-0.2, 0) is 10.0 Å². The molecule has 20 heavy (non-hydrogen) atoms. The van der Waals surface area contributed by atoms with Crippen LogP contribution in [0.3, 0.4) is 0 Å². The van der Waals surface area contributed by atoms with E-state index < -0.39 is 16.0 Å². The molecule has 0 radical (unpaired) electrons. The fourth-order valence-corrected chi connectivity index (χ4v) is 4.88. The molecule has 5 nitrogen and oxygen atoms in total. The number of hydrogen-bond donors (Lipinski definition) is 1. The van der Waals surface area contributed by atoms with Gasteiger partial charge in [-0.3, -0.25) is 0 Å². The minimum atomic E-state index is -3.76. The lowest BCUT2D eigenvalue weighted by Crippen LogP contribution is -2.37. The molecule has 1 heterocycles. The zero-order valence-corrected chi connectivity index (χ0v) is 13.8. The van der Waals surface area contributed by atoms with E-state index in [-0.39, 0.29) is 21.6 Å². The van der Waals surface area contributed by atoms with Gasteiger partial charge in [-0.25, -0.2) is 13.2 Å². The maximum Gasteiger partial charge on any atom is 0.347 e. The highest BCUT2D eigenvalue weighted by Gasteiger charge is 2.30. The van der Waals surface area contributed by atoms with Gasteiger partial charge in [0.1, 0.15) is 9.77 Å². The lowest BCUT2D eigenvalue weighted by molar-refractivity contribution is 0.0698. The van der Waals surface area contributed by atoms with Gasteiger partial charge < -0.3 is 5.11 Å². The molecule has 1 rings (SSSR count). The third-order valence-electron chi connectivity index (χ3n) is 2.58. The van der Waals surface area contributed by atoms with Crippen molar-refractivity contribution < 1.29 is 18.3 Å². The van der Waals surface area contributed by atoms with Crippen LogP contribution in [0.1, 0.15) is 37.4 Å². The summed E-state index contributed by atoms with van der Waals surface area (Å²) < 4.78 is 26.7. The number of nitrogens with zero attached hydrogens (tertiary/aromatic N) is 1. The van der Waals surface area contributed by atoms with E-state index in [1.165, 1.54) is 15.8 Å². The number of rotatable bonds is 7. The number of carbonyl (C=O) groups is 1. The standard InChI is InChI=1S/C13H21NO4S2/c1-9(2)7-14(8-10(3)4)20(17,18)11-5-6-19-12(11)13(15)16/h5-6,9-10H,7-8H2,1-4H3,(H,15,16). The number of aromatic carboxylic acids is 1. The minimum Gasteiger partial charge on any atom is -0.477 e. The zero-order valence-electron chi connectivity index (χ0n) is 12.2. The highest BCUT2D eigenvalue weighted by atomic mass is 32.2. The van der Waals surface area contributed by atoms with Gasteiger partial charge in [-0.1, -0.05) is 27.7 Å². The Morgan fingerprint density at radius 2 is 1.75 bits per heavy atom. The minimum absolute atomic E-state index is 0.101. The maximum absolute atomic E-state index is 12.7. The van der Waals surface area contributed by atoms with Crippen molar-refractivity contribution in [2.45, 2.75) is 32.6 Å². The van der Waals surface area contributed by atoms with Crippen molar-refractivity contribution >= 4 is 27.3 Å². The summed E-state index contributed by atoms with van der Waals surface area (Å²) in [6.07, 6.45) is 0. The highest BCUT2D eigenvalue weighted by Crippen LogP contribution is 2.26. The van der Waals surface area contributed by atoms with E-state index in [0.717, 1.165) is 11.3 Å². The number of hydrogen-bond acceptors (Lipinski definition) is 4. The van der Waals surface area contributed by atoms with Gasteiger partial charge in [-0.05, 0) is 23.3 Å². The number of sulfonamides is 1. The fourth-order valence-electron chi connectivity index (χ4n) is 1.88. The first-order valence-electron chi connectivity index (χ1n) is 6.47. The number of thiophene rings is 1. The van der Waals surface area contributed by atoms with Crippen LogP contribution in [0.4, 0.5) is 0 Å². The van der Waals surface area contributed by atoms with E-state index >= 15 is 0 Å². The maximum atomic E-state index is 12.7. The van der Waals surface area contributed by atoms with Crippen LogP contribution in [-0.4, -0.2) is 36.9 Å². The van der Waals surface area contributed by atoms with Gasteiger partial charge >= 0.3 is 5.97 Å². The summed E-state index contributed by atoms with van der Waals surface area (Å²) in [6, 6.07) is 1.37. The molecule has 0 atom stereocenters. The smallest absolute Gasteiger partial charge is 0.347 e. The quantitative estimate of drug-likeness (QED) is 0.838. The molecule has 0 aromatic carbocycles. The Morgan fingerprint density at radius 3 is 2.15 bits per heavy atom. The predicted octanol–water partition coefficient (Wildman–Crippen LogP) is 2.75. The largest absolute Gasteiger partial charge is 0.477 e. The first-order chi connectivity index (χ1) is 9.16. The molecular formula is C13H21NO4S2. The molecule has 1 N–H and O–H groups in total. The summed E-state index contributed by atoms with van der Waals surface area (Å²) in [5.41, 5.74) is 0. The van der Waals surface area contributed by atoms with E-state index in [9.17, 15) is 13.2 Å². The van der Waals surface area contributed by atoms with Crippen LogP contribution in [0.15, 0.2) is 16.3 Å². The highest BCUT2D eigenvalue weighted by molar-refractivity contribution is 7.89. The first-order valence-corrected chi connectivity index (χ1v) is 8.79. The van der Waals surface area contributed by atoms with Crippen molar-refractivity contribution in [2.75, 3.05) is 13.1 Å². The van der Waals surface area contributed by atoms with Crippen LogP contribution in [0.25, 0.3) is 0 Å². The van der Waals surface area contributed by atoms with Crippen LogP contribution >= 0.6 is 11.3 Å². The fraction of sp³-hybridized carbons (Fsp3) is 0.615. The average Bonchev–Trinajstić information content (AvgIpc) is 2.76. The topological polar surface area (TPSA) is 74.7 Å². The van der Waals surface area contributed by atoms with Crippen molar-refractivity contribution in [1.29, 1.82) is 0 Å². The summed E-state index contributed by atoms with van der Waals surface area (Å²) in [5, 5.41) is 10.6. The van der Waals surface area contributed by atoms with E-state index in [2.05, 4.69) is 0 Å². The summed E-state index contributed by atoms with van der Waals surface area (Å²) in [6.45, 7) is 8.52. The summed E-state index contributed by atoms with van der Waals surface area (Å²) >= 11 is 0.934. The molecule has 0 bridgehead atoms. The van der Waals surface area contributed by atoms with E-state index in [0.29, 0.717) is 13.1 Å². The van der Waals surface area contributed by atoms with Crippen molar-refractivity contribution in [3.8, 4) is 0 Å². The molecule has 1 aromatic rings. The van der Waals surface area contributed by atoms with Gasteiger partial charge in [0.25, 0.3) is 0 Å². The SMILES string of the molecule is CC(C)CN(CC(C)C)S(=O)(=O)c1ccsc1C(=O)O. The normalized spacial score (nSPS) is 12.6. The van der Waals surface area contributed by atoms with Crippen molar-refractivity contribution in [3.05, 3.63) is 16.3 Å². The zero-order chi connectivity index (χ0) is 15.5. The second kappa shape index (κ2) is 6.69. The van der Waals surface area contributed by atoms with Crippen LogP contribution in [0, 0.1) is 11.8 Å². The molecule has 114 valence electrons. The Kier molecular flexibility index (Phi) is 5.73. The van der Waals surface area contributed by atoms with Gasteiger partial charge in [-0.15, -0.1) is 11.3 Å². The van der Waals surface area contributed by atoms with Crippen LogP contribution in [0.2, 0.25) is 0 Å². The summed E-state index contributed by atoms with van der Waals surface area (Å²) in [7, 11) is -3.76. The summed E-state index contributed by atoms with van der Waals surface area (Å²) in [5.74, 6) is -0.849. The Bertz CT molecular complexity index is 551. The number of carboxylic acid groups (broad SMARTS) is 1. The van der Waals surface area contributed by atoms with Gasteiger partial charge in [0.05, 0.1) is 0 Å². The Hall–Kier alpha value is -0.920. The summed E-state index contributed by atoms with van der Waals surface area (Å²) in [4.78, 5) is 10.9. The molecule has 0 aliphatic heterocycles. The lowest BCUT2D eigenvalue weighted by Gasteiger charge is -2.25. The van der Waals surface area contributed by atoms with Gasteiger partial charge in [0, 0.05) is 13.1 Å². The third kappa shape index (κ3) is 4.04. The molecule has 0 aliphatic carbocycles. The molecule has 0 amide bonds. The second-order valence-corrected chi connectivity index (χ2v) is 8.35. The van der Waals surface area contributed by atoms with Crippen molar-refractivity contribution in [3.63, 3.8) is 0 Å². The van der Waals surface area contributed by atoms with E-state index in [4.69, 9.17) is 5.11 Å². The average molecular weight is 319 g/mol. The Morgan fingerprint density at radius 1 is 1.25 bits per heavy atom. The van der Waals surface area contributed by atoms with E-state index in [1.807, 2.05) is 27.7 Å². The van der Waals surface area contributed by atoms with Crippen molar-refractivity contribution in [1.82, 2.24) is 4.31 Å². The predicted molar refractivity (Wildman–Crippen MR) is 79.7 cm³/mol. The molecule has 0 aliphatic rings. The monoisotopic (exact) mass is 319 g/mol. The molecule has 0 saturated heterocycles. The van der Waals surface area contributed by atoms with Crippen LogP contribution < -0.4 is 0 Å². The van der Waals surface area contributed by atoms with Gasteiger partial charge in [0.2, 0.25) is 10.0 Å². The molecule has 1 aromatic heterocycles. The molecular weight excluding hydrogens is 298 g/mol. The second-order valence-electron chi connectivity index (χ2n) is 5.53. The number of carboxylic acids is 1. The lowest BCUT2D eigenvalue weighted by atomic mass is 10.2. The van der Waals surface area contributed by atoms with Gasteiger partial charge in [-0.2, -0.15) is 4.31 Å². The van der Waals surface area contributed by atoms with Crippen LogP contribution in [0.5, 0.6) is 0 Å². The first kappa shape index (κ1) is 17.1. The molecule has 0 fully saturated rings. The molecule has 0 spiro atoms. The third-order valence-corrected chi connectivity index (χ3v) is 5.48.